The van der Waals surface area contributed by atoms with Crippen molar-refractivity contribution in [2.75, 3.05) is 18.0 Å². The molecule has 0 radical (unpaired) electrons. The van der Waals surface area contributed by atoms with Crippen molar-refractivity contribution in [1.82, 2.24) is 15.0 Å². The largest absolute Gasteiger partial charge is 0.481 e. The highest BCUT2D eigenvalue weighted by Crippen LogP contribution is 2.31. The second-order valence-corrected chi connectivity index (χ2v) is 9.07. The van der Waals surface area contributed by atoms with Gasteiger partial charge in [0.05, 0.1) is 23.2 Å². The Morgan fingerprint density at radius 1 is 1.03 bits per heavy atom. The molecule has 1 saturated heterocycles. The van der Waals surface area contributed by atoms with Crippen LogP contribution in [0.5, 0.6) is 0 Å². The summed E-state index contributed by atoms with van der Waals surface area (Å²) < 4.78 is 6.37. The number of nitrogens with one attached hydrogen (secondary N) is 1. The Hall–Kier alpha value is -2.93. The van der Waals surface area contributed by atoms with Gasteiger partial charge in [0.2, 0.25) is 0 Å². The van der Waals surface area contributed by atoms with E-state index < -0.39 is 5.97 Å². The first-order chi connectivity index (χ1) is 15.6. The van der Waals surface area contributed by atoms with Crippen molar-refractivity contribution in [1.29, 1.82) is 0 Å². The minimum Gasteiger partial charge on any atom is -0.481 e. The molecule has 3 aromatic rings. The number of para-hydroxylation sites is 2. The topological polar surface area (TPSA) is 91.3 Å². The number of ether oxygens (including phenoxy) is 1. The molecule has 2 N–H and O–H groups in total. The maximum Gasteiger partial charge on any atom is 0.303 e. The van der Waals surface area contributed by atoms with Crippen molar-refractivity contribution in [3.8, 4) is 11.4 Å². The number of fused-ring (bicyclic) bond motifs is 1. The lowest BCUT2D eigenvalue weighted by molar-refractivity contribution is -0.138. The van der Waals surface area contributed by atoms with Crippen LogP contribution in [0, 0.1) is 5.92 Å². The highest BCUT2D eigenvalue weighted by molar-refractivity contribution is 5.79. The van der Waals surface area contributed by atoms with E-state index in [4.69, 9.17) is 14.8 Å². The van der Waals surface area contributed by atoms with Gasteiger partial charge >= 0.3 is 5.97 Å². The average Bonchev–Trinajstić information content (AvgIpc) is 3.25. The van der Waals surface area contributed by atoms with Gasteiger partial charge in [0.25, 0.3) is 0 Å². The third-order valence-corrected chi connectivity index (χ3v) is 6.82. The zero-order chi connectivity index (χ0) is 21.9. The minimum absolute atomic E-state index is 0.290. The quantitative estimate of drug-likeness (QED) is 0.587. The normalized spacial score (nSPS) is 22.3. The van der Waals surface area contributed by atoms with E-state index in [1.165, 1.54) is 0 Å². The van der Waals surface area contributed by atoms with Crippen LogP contribution in [-0.2, 0) is 9.53 Å². The zero-order valence-corrected chi connectivity index (χ0v) is 18.2. The molecular weight excluding hydrogens is 404 g/mol. The molecule has 3 heterocycles. The van der Waals surface area contributed by atoms with Crippen molar-refractivity contribution in [3.05, 3.63) is 42.6 Å². The highest BCUT2D eigenvalue weighted by atomic mass is 16.5. The molecule has 32 heavy (non-hydrogen) atoms. The van der Waals surface area contributed by atoms with Crippen molar-refractivity contribution in [2.24, 2.45) is 5.92 Å². The van der Waals surface area contributed by atoms with E-state index in [0.29, 0.717) is 18.4 Å². The first-order valence-corrected chi connectivity index (χ1v) is 11.7. The number of piperidine rings is 1. The summed E-state index contributed by atoms with van der Waals surface area (Å²) in [4.78, 5) is 25.9. The Bertz CT molecular complexity index is 1020. The van der Waals surface area contributed by atoms with Crippen molar-refractivity contribution in [3.63, 3.8) is 0 Å². The van der Waals surface area contributed by atoms with Crippen LogP contribution in [0.25, 0.3) is 22.4 Å². The van der Waals surface area contributed by atoms with Gasteiger partial charge in [-0.05, 0) is 68.7 Å². The van der Waals surface area contributed by atoms with Crippen LogP contribution in [0.1, 0.15) is 44.9 Å². The van der Waals surface area contributed by atoms with Crippen LogP contribution in [0.4, 0.5) is 5.82 Å². The molecule has 0 amide bonds. The van der Waals surface area contributed by atoms with E-state index >= 15 is 0 Å². The second kappa shape index (κ2) is 9.28. The molecule has 0 unspecified atom stereocenters. The van der Waals surface area contributed by atoms with Gasteiger partial charge in [-0.2, -0.15) is 0 Å². The lowest BCUT2D eigenvalue weighted by atomic mass is 9.85. The van der Waals surface area contributed by atoms with Gasteiger partial charge in [-0.3, -0.25) is 4.79 Å². The monoisotopic (exact) mass is 434 g/mol. The fourth-order valence-electron chi connectivity index (χ4n) is 5.01. The van der Waals surface area contributed by atoms with Gasteiger partial charge in [0.15, 0.2) is 0 Å². The summed E-state index contributed by atoms with van der Waals surface area (Å²) in [5.41, 5.74) is 2.98. The van der Waals surface area contributed by atoms with Gasteiger partial charge in [0.1, 0.15) is 11.6 Å². The Kier molecular flexibility index (Phi) is 6.08. The number of aliphatic carboxylic acids is 1. The molecule has 1 aliphatic heterocycles. The molecule has 2 aromatic heterocycles. The number of hydrogen-bond acceptors (Lipinski definition) is 5. The van der Waals surface area contributed by atoms with E-state index in [9.17, 15) is 4.79 Å². The number of aromatic nitrogens is 3. The number of benzene rings is 1. The van der Waals surface area contributed by atoms with E-state index in [1.54, 1.807) is 0 Å². The van der Waals surface area contributed by atoms with Gasteiger partial charge in [-0.15, -0.1) is 0 Å². The lowest BCUT2D eigenvalue weighted by Crippen LogP contribution is -2.39. The zero-order valence-electron chi connectivity index (χ0n) is 18.2. The molecule has 7 nitrogen and oxygen atoms in total. The number of hydrogen-bond donors (Lipinski definition) is 2. The Morgan fingerprint density at radius 2 is 1.78 bits per heavy atom. The average molecular weight is 435 g/mol. The molecule has 2 aliphatic rings. The number of aromatic amines is 1. The third kappa shape index (κ3) is 4.78. The maximum atomic E-state index is 10.9. The number of carboxylic acid groups (broad SMARTS) is 1. The molecule has 0 spiro atoms. The SMILES string of the molecule is O=C(O)C[C@H]1CC[C@@H](OC2CCN(c3ccc(-c4nc5ccccc5[nH]4)cn3)CC2)CC1. The fraction of sp³-hybridized carbons (Fsp3) is 0.480. The lowest BCUT2D eigenvalue weighted by Gasteiger charge is -2.36. The summed E-state index contributed by atoms with van der Waals surface area (Å²) in [5, 5.41) is 8.97. The first-order valence-electron chi connectivity index (χ1n) is 11.7. The number of imidazole rings is 1. The summed E-state index contributed by atoms with van der Waals surface area (Å²) in [6.45, 7) is 1.88. The van der Waals surface area contributed by atoms with Crippen LogP contribution in [0.15, 0.2) is 42.6 Å². The van der Waals surface area contributed by atoms with Gasteiger partial charge in [0, 0.05) is 31.3 Å². The van der Waals surface area contributed by atoms with Crippen molar-refractivity contribution < 1.29 is 14.6 Å². The molecule has 5 rings (SSSR count). The number of anilines is 1. The Labute approximate surface area is 187 Å². The second-order valence-electron chi connectivity index (χ2n) is 9.07. The number of carboxylic acids is 1. The standard InChI is InChI=1S/C25H30N4O3/c30-24(31)15-17-5-8-19(9-6-17)32-20-11-13-29(14-12-20)23-10-7-18(16-26-23)25-27-21-3-1-2-4-22(21)28-25/h1-4,7,10,16-17,19-20H,5-6,8-9,11-15H2,(H,27,28)(H,30,31)/t17-,19+. The molecule has 168 valence electrons. The van der Waals surface area contributed by atoms with Crippen LogP contribution >= 0.6 is 0 Å². The summed E-state index contributed by atoms with van der Waals surface area (Å²) >= 11 is 0. The molecule has 0 bridgehead atoms. The summed E-state index contributed by atoms with van der Waals surface area (Å²) in [6.07, 6.45) is 8.70. The van der Waals surface area contributed by atoms with Crippen LogP contribution < -0.4 is 4.90 Å². The third-order valence-electron chi connectivity index (χ3n) is 6.82. The molecular formula is C25H30N4O3. The number of carbonyl (C=O) groups is 1. The van der Waals surface area contributed by atoms with Gasteiger partial charge in [-0.1, -0.05) is 12.1 Å². The number of pyridine rings is 1. The highest BCUT2D eigenvalue weighted by Gasteiger charge is 2.27. The molecule has 1 saturated carbocycles. The molecule has 1 aromatic carbocycles. The van der Waals surface area contributed by atoms with Crippen molar-refractivity contribution >= 4 is 22.8 Å². The van der Waals surface area contributed by atoms with Crippen LogP contribution in [-0.4, -0.2) is 51.3 Å². The fourth-order valence-corrected chi connectivity index (χ4v) is 5.01. The van der Waals surface area contributed by atoms with Gasteiger partial charge in [-0.25, -0.2) is 9.97 Å². The summed E-state index contributed by atoms with van der Waals surface area (Å²) in [6, 6.07) is 12.2. The minimum atomic E-state index is -0.680. The number of nitrogens with zero attached hydrogens (tertiary/aromatic N) is 3. The van der Waals surface area contributed by atoms with E-state index in [0.717, 1.165) is 79.9 Å². The maximum absolute atomic E-state index is 10.9. The van der Waals surface area contributed by atoms with E-state index in [2.05, 4.69) is 27.0 Å². The van der Waals surface area contributed by atoms with Crippen molar-refractivity contribution in [2.45, 2.75) is 57.2 Å². The molecule has 0 atom stereocenters. The Morgan fingerprint density at radius 3 is 2.47 bits per heavy atom. The Balaban J connectivity index is 1.12. The van der Waals surface area contributed by atoms with E-state index in [-0.39, 0.29) is 6.10 Å². The van der Waals surface area contributed by atoms with Crippen LogP contribution in [0.3, 0.4) is 0 Å². The molecule has 2 fully saturated rings. The summed E-state index contributed by atoms with van der Waals surface area (Å²) in [7, 11) is 0. The molecule has 7 heteroatoms. The predicted octanol–water partition coefficient (Wildman–Crippen LogP) is 4.64. The first kappa shape index (κ1) is 20.9. The number of rotatable bonds is 6. The molecule has 1 aliphatic carbocycles. The predicted molar refractivity (Wildman–Crippen MR) is 124 cm³/mol. The summed E-state index contributed by atoms with van der Waals surface area (Å²) in [5.74, 6) is 1.48. The number of H-pyrrole nitrogens is 1. The van der Waals surface area contributed by atoms with Gasteiger partial charge < -0.3 is 19.7 Å². The van der Waals surface area contributed by atoms with E-state index in [1.807, 2.05) is 30.5 Å². The van der Waals surface area contributed by atoms with Crippen LogP contribution in [0.2, 0.25) is 0 Å². The smallest absolute Gasteiger partial charge is 0.303 e.